The highest BCUT2D eigenvalue weighted by Crippen LogP contribution is 2.24. The number of carbonyl (C=O) groups excluding carboxylic acids is 1. The van der Waals surface area contributed by atoms with Gasteiger partial charge in [-0.25, -0.2) is 0 Å². The normalized spacial score (nSPS) is 12.2. The molecule has 3 nitrogen and oxygen atoms in total. The average Bonchev–Trinajstić information content (AvgIpc) is 2.16. The molecule has 1 atom stereocenters. The molecule has 1 rings (SSSR count). The summed E-state index contributed by atoms with van der Waals surface area (Å²) in [7, 11) is 1.51. The van der Waals surface area contributed by atoms with Gasteiger partial charge in [-0.15, -0.1) is 0 Å². The highest BCUT2D eigenvalue weighted by molar-refractivity contribution is 5.82. The zero-order valence-electron chi connectivity index (χ0n) is 7.65. The van der Waals surface area contributed by atoms with E-state index in [9.17, 15) is 9.90 Å². The Balaban J connectivity index is 3.05. The largest absolute Gasteiger partial charge is 0.496 e. The van der Waals surface area contributed by atoms with E-state index in [2.05, 4.69) is 0 Å². The van der Waals surface area contributed by atoms with E-state index in [4.69, 9.17) is 4.74 Å². The number of aliphatic hydroxyl groups is 1. The predicted octanol–water partition coefficient (Wildman–Crippen LogP) is 1.32. The first-order valence-corrected chi connectivity index (χ1v) is 3.98. The number of para-hydroxylation sites is 1. The van der Waals surface area contributed by atoms with Gasteiger partial charge in [0.25, 0.3) is 0 Å². The number of hydrogen-bond donors (Lipinski definition) is 1. The summed E-state index contributed by atoms with van der Waals surface area (Å²) in [5, 5.41) is 9.48. The highest BCUT2D eigenvalue weighted by atomic mass is 16.5. The van der Waals surface area contributed by atoms with E-state index in [0.717, 1.165) is 0 Å². The molecule has 1 N–H and O–H groups in total. The fraction of sp³-hybridized carbons (Fsp3) is 0.300. The van der Waals surface area contributed by atoms with Crippen LogP contribution >= 0.6 is 0 Å². The van der Waals surface area contributed by atoms with Gasteiger partial charge in [-0.1, -0.05) is 18.2 Å². The van der Waals surface area contributed by atoms with Gasteiger partial charge in [-0.3, -0.25) is 4.79 Å². The van der Waals surface area contributed by atoms with Crippen molar-refractivity contribution in [2.75, 3.05) is 7.11 Å². The van der Waals surface area contributed by atoms with Crippen molar-refractivity contribution in [2.24, 2.45) is 0 Å². The van der Waals surface area contributed by atoms with Crippen LogP contribution in [0.3, 0.4) is 0 Å². The molecule has 0 bridgehead atoms. The van der Waals surface area contributed by atoms with Gasteiger partial charge in [-0.2, -0.15) is 0 Å². The van der Waals surface area contributed by atoms with E-state index in [1.807, 2.05) is 0 Å². The summed E-state index contributed by atoms with van der Waals surface area (Å²) in [6.07, 6.45) is -1.09. The molecule has 0 saturated heterocycles. The molecule has 1 unspecified atom stereocenters. The summed E-state index contributed by atoms with van der Waals surface area (Å²) in [5.41, 5.74) is 0.512. The van der Waals surface area contributed by atoms with Crippen molar-refractivity contribution in [3.63, 3.8) is 0 Å². The number of Topliss-reactive ketones (excluding diaryl/α,β-unsaturated/α-hetero) is 1. The van der Waals surface area contributed by atoms with E-state index in [-0.39, 0.29) is 5.78 Å². The monoisotopic (exact) mass is 180 g/mol. The fourth-order valence-corrected chi connectivity index (χ4v) is 1.11. The molecular weight excluding hydrogens is 168 g/mol. The SMILES string of the molecule is COc1ccccc1C(O)C(C)=O. The lowest BCUT2D eigenvalue weighted by molar-refractivity contribution is -0.125. The minimum absolute atomic E-state index is 0.287. The Hall–Kier alpha value is -1.35. The van der Waals surface area contributed by atoms with Crippen LogP contribution in [0.1, 0.15) is 18.6 Å². The first-order chi connectivity index (χ1) is 6.16. The molecule has 0 spiro atoms. The van der Waals surface area contributed by atoms with Crippen LogP contribution in [0.25, 0.3) is 0 Å². The van der Waals surface area contributed by atoms with Crippen molar-refractivity contribution in [3.05, 3.63) is 29.8 Å². The molecule has 0 radical (unpaired) electrons. The first kappa shape index (κ1) is 9.74. The number of methoxy groups -OCH3 is 1. The minimum atomic E-state index is -1.09. The number of hydrogen-bond acceptors (Lipinski definition) is 3. The molecular formula is C10H12O3. The Morgan fingerprint density at radius 3 is 2.62 bits per heavy atom. The van der Waals surface area contributed by atoms with Gasteiger partial charge in [0.05, 0.1) is 7.11 Å². The molecule has 0 aliphatic heterocycles. The summed E-state index contributed by atoms with van der Waals surface area (Å²) in [4.78, 5) is 10.9. The van der Waals surface area contributed by atoms with Crippen LogP contribution in [-0.2, 0) is 4.79 Å². The van der Waals surface area contributed by atoms with Crippen molar-refractivity contribution in [2.45, 2.75) is 13.0 Å². The Kier molecular flexibility index (Phi) is 3.03. The third-order valence-electron chi connectivity index (χ3n) is 1.82. The summed E-state index contributed by atoms with van der Waals surface area (Å²) < 4.78 is 5.00. The standard InChI is InChI=1S/C10H12O3/c1-7(11)10(12)8-5-3-4-6-9(8)13-2/h3-6,10,12H,1-2H3. The third-order valence-corrected chi connectivity index (χ3v) is 1.82. The van der Waals surface area contributed by atoms with Crippen molar-refractivity contribution in [3.8, 4) is 5.75 Å². The molecule has 70 valence electrons. The maximum atomic E-state index is 10.9. The highest BCUT2D eigenvalue weighted by Gasteiger charge is 2.16. The second-order valence-electron chi connectivity index (χ2n) is 2.76. The molecule has 0 aliphatic rings. The number of aliphatic hydroxyl groups excluding tert-OH is 1. The van der Waals surface area contributed by atoms with Crippen LogP contribution in [0.4, 0.5) is 0 Å². The summed E-state index contributed by atoms with van der Waals surface area (Å²) in [6.45, 7) is 1.34. The minimum Gasteiger partial charge on any atom is -0.496 e. The molecule has 0 aliphatic carbocycles. The fourth-order valence-electron chi connectivity index (χ4n) is 1.11. The lowest BCUT2D eigenvalue weighted by Gasteiger charge is -2.11. The van der Waals surface area contributed by atoms with E-state index >= 15 is 0 Å². The zero-order chi connectivity index (χ0) is 9.84. The zero-order valence-corrected chi connectivity index (χ0v) is 7.65. The number of ether oxygens (including phenoxy) is 1. The van der Waals surface area contributed by atoms with E-state index < -0.39 is 6.10 Å². The van der Waals surface area contributed by atoms with Crippen LogP contribution in [0.15, 0.2) is 24.3 Å². The smallest absolute Gasteiger partial charge is 0.162 e. The summed E-state index contributed by atoms with van der Waals surface area (Å²) >= 11 is 0. The van der Waals surface area contributed by atoms with Crippen LogP contribution in [0.5, 0.6) is 5.75 Å². The summed E-state index contributed by atoms with van der Waals surface area (Å²) in [5.74, 6) is 0.245. The molecule has 1 aromatic rings. The second kappa shape index (κ2) is 4.05. The van der Waals surface area contributed by atoms with Crippen molar-refractivity contribution >= 4 is 5.78 Å². The molecule has 0 aromatic heterocycles. The van der Waals surface area contributed by atoms with Gasteiger partial charge in [0.15, 0.2) is 5.78 Å². The number of carbonyl (C=O) groups is 1. The number of ketones is 1. The van der Waals surface area contributed by atoms with Crippen molar-refractivity contribution < 1.29 is 14.6 Å². The van der Waals surface area contributed by atoms with E-state index in [0.29, 0.717) is 11.3 Å². The quantitative estimate of drug-likeness (QED) is 0.763. The van der Waals surface area contributed by atoms with E-state index in [1.165, 1.54) is 14.0 Å². The average molecular weight is 180 g/mol. The molecule has 3 heteroatoms. The number of rotatable bonds is 3. The lowest BCUT2D eigenvalue weighted by atomic mass is 10.1. The van der Waals surface area contributed by atoms with Crippen molar-refractivity contribution in [1.82, 2.24) is 0 Å². The molecule has 0 heterocycles. The molecule has 0 amide bonds. The van der Waals surface area contributed by atoms with Crippen molar-refractivity contribution in [1.29, 1.82) is 0 Å². The Morgan fingerprint density at radius 2 is 2.08 bits per heavy atom. The second-order valence-corrected chi connectivity index (χ2v) is 2.76. The van der Waals surface area contributed by atoms with Crippen LogP contribution in [-0.4, -0.2) is 18.0 Å². The van der Waals surface area contributed by atoms with Crippen LogP contribution in [0, 0.1) is 0 Å². The van der Waals surface area contributed by atoms with Gasteiger partial charge < -0.3 is 9.84 Å². The maximum Gasteiger partial charge on any atom is 0.162 e. The predicted molar refractivity (Wildman–Crippen MR) is 48.6 cm³/mol. The molecule has 0 saturated carbocycles. The van der Waals surface area contributed by atoms with Gasteiger partial charge >= 0.3 is 0 Å². The Bertz CT molecular complexity index is 307. The Morgan fingerprint density at radius 1 is 1.46 bits per heavy atom. The molecule has 1 aromatic carbocycles. The van der Waals surface area contributed by atoms with Gasteiger partial charge in [0.1, 0.15) is 11.9 Å². The van der Waals surface area contributed by atoms with Gasteiger partial charge in [-0.05, 0) is 13.0 Å². The van der Waals surface area contributed by atoms with Crippen LogP contribution < -0.4 is 4.74 Å². The maximum absolute atomic E-state index is 10.9. The lowest BCUT2D eigenvalue weighted by Crippen LogP contribution is -2.08. The van der Waals surface area contributed by atoms with Crippen LogP contribution in [0.2, 0.25) is 0 Å². The van der Waals surface area contributed by atoms with Gasteiger partial charge in [0, 0.05) is 5.56 Å². The van der Waals surface area contributed by atoms with E-state index in [1.54, 1.807) is 24.3 Å². The first-order valence-electron chi connectivity index (χ1n) is 3.98. The van der Waals surface area contributed by atoms with Gasteiger partial charge in [0.2, 0.25) is 0 Å². The topological polar surface area (TPSA) is 46.5 Å². The summed E-state index contributed by atoms with van der Waals surface area (Å²) in [6, 6.07) is 6.92. The molecule has 0 fully saturated rings. The Labute approximate surface area is 77.0 Å². The molecule has 13 heavy (non-hydrogen) atoms. The third kappa shape index (κ3) is 2.06. The number of benzene rings is 1.